The van der Waals surface area contributed by atoms with Crippen molar-refractivity contribution < 1.29 is 4.74 Å². The minimum atomic E-state index is -0.496. The Labute approximate surface area is 163 Å². The van der Waals surface area contributed by atoms with Gasteiger partial charge in [0.2, 0.25) is 0 Å². The third kappa shape index (κ3) is 4.20. The summed E-state index contributed by atoms with van der Waals surface area (Å²) >= 11 is 0. The van der Waals surface area contributed by atoms with Gasteiger partial charge in [0, 0.05) is 12.7 Å². The molecule has 2 N–H and O–H groups in total. The maximum Gasteiger partial charge on any atom is 0.253 e. The number of hydrogen-bond donors (Lipinski definition) is 2. The zero-order chi connectivity index (χ0) is 20.1. The van der Waals surface area contributed by atoms with E-state index in [0.29, 0.717) is 24.5 Å². The van der Waals surface area contributed by atoms with E-state index in [4.69, 9.17) is 4.74 Å². The molecular weight excluding hydrogens is 356 g/mol. The van der Waals surface area contributed by atoms with Gasteiger partial charge in [-0.3, -0.25) is 14.6 Å². The highest BCUT2D eigenvalue weighted by Crippen LogP contribution is 2.23. The highest BCUT2D eigenvalue weighted by Gasteiger charge is 2.22. The van der Waals surface area contributed by atoms with Gasteiger partial charge in [0.1, 0.15) is 17.1 Å². The summed E-state index contributed by atoms with van der Waals surface area (Å²) in [5.74, 6) is 0.790. The minimum absolute atomic E-state index is 0.0268. The number of likely N-dealkylation sites (N-methyl/N-ethyl adjacent to an activating group) is 1. The lowest BCUT2D eigenvalue weighted by Crippen LogP contribution is -2.39. The molecular formula is C21H24N4O3. The second-order valence-corrected chi connectivity index (χ2v) is 6.72. The molecule has 1 heterocycles. The number of nitrogens with one attached hydrogen (secondary N) is 2. The Kier molecular flexibility index (Phi) is 6.06. The molecule has 0 amide bonds. The van der Waals surface area contributed by atoms with Crippen molar-refractivity contribution in [2.75, 3.05) is 38.4 Å². The topological polar surface area (TPSA) is 83.6 Å². The number of pyridine rings is 1. The fraction of sp³-hybridized carbons (Fsp3) is 0.286. The number of ether oxygens (including phenoxy) is 1. The molecule has 7 heteroatoms. The van der Waals surface area contributed by atoms with E-state index in [1.165, 1.54) is 0 Å². The van der Waals surface area contributed by atoms with Crippen LogP contribution in [0.25, 0.3) is 0 Å². The average molecular weight is 380 g/mol. The second kappa shape index (κ2) is 8.67. The van der Waals surface area contributed by atoms with Gasteiger partial charge in [-0.2, -0.15) is 0 Å². The normalized spacial score (nSPS) is 12.1. The van der Waals surface area contributed by atoms with Crippen LogP contribution in [0.5, 0.6) is 5.75 Å². The molecule has 3 aromatic rings. The van der Waals surface area contributed by atoms with Gasteiger partial charge < -0.3 is 20.3 Å². The molecule has 0 aliphatic heterocycles. The van der Waals surface area contributed by atoms with Crippen LogP contribution < -0.4 is 26.2 Å². The lowest BCUT2D eigenvalue weighted by Gasteiger charge is -2.26. The molecule has 0 saturated carbocycles. The van der Waals surface area contributed by atoms with Gasteiger partial charge in [-0.05, 0) is 43.9 Å². The fourth-order valence-corrected chi connectivity index (χ4v) is 3.03. The summed E-state index contributed by atoms with van der Waals surface area (Å²) in [6.45, 7) is 0.873. The Morgan fingerprint density at radius 1 is 1.00 bits per heavy atom. The van der Waals surface area contributed by atoms with Gasteiger partial charge in [-0.25, -0.2) is 0 Å². The summed E-state index contributed by atoms with van der Waals surface area (Å²) in [5.41, 5.74) is 1.55. The first-order valence-corrected chi connectivity index (χ1v) is 9.02. The maximum atomic E-state index is 12.0. The van der Waals surface area contributed by atoms with Gasteiger partial charge in [0.25, 0.3) is 10.9 Å². The van der Waals surface area contributed by atoms with Crippen molar-refractivity contribution in [2.45, 2.75) is 12.6 Å². The van der Waals surface area contributed by atoms with Crippen LogP contribution in [0.15, 0.2) is 58.3 Å². The van der Waals surface area contributed by atoms with Crippen molar-refractivity contribution in [3.8, 4) is 5.75 Å². The third-order valence-corrected chi connectivity index (χ3v) is 4.68. The molecule has 0 bridgehead atoms. The second-order valence-electron chi connectivity index (χ2n) is 6.72. The van der Waals surface area contributed by atoms with Crippen LogP contribution in [0.2, 0.25) is 0 Å². The zero-order valence-electron chi connectivity index (χ0n) is 16.2. The monoisotopic (exact) mass is 380 g/mol. The lowest BCUT2D eigenvalue weighted by atomic mass is 10.0. The zero-order valence-corrected chi connectivity index (χ0v) is 16.2. The molecule has 3 rings (SSSR count). The summed E-state index contributed by atoms with van der Waals surface area (Å²) in [6.07, 6.45) is 1.69. The smallest absolute Gasteiger partial charge is 0.253 e. The van der Waals surface area contributed by atoms with Crippen LogP contribution in [0, 0.1) is 0 Å². The number of nitrogens with zero attached hydrogens (tertiary/aromatic N) is 2. The molecule has 0 unspecified atom stereocenters. The highest BCUT2D eigenvalue weighted by molar-refractivity contribution is 5.74. The Morgan fingerprint density at radius 3 is 2.25 bits per heavy atom. The number of anilines is 2. The standard InChI is InChI=1S/C21H24N4O3/c1-25(2)17(14-7-9-16(28-3)10-8-14)13-24-19-18(20(26)21(19)27)23-12-15-6-4-5-11-22-15/h4-11,17,23-24H,12-13H2,1-3H3/t17-/m0/s1. The molecule has 28 heavy (non-hydrogen) atoms. The van der Waals surface area contributed by atoms with Crippen LogP contribution >= 0.6 is 0 Å². The molecule has 1 atom stereocenters. The van der Waals surface area contributed by atoms with Crippen LogP contribution in [-0.2, 0) is 6.54 Å². The molecule has 2 aromatic carbocycles. The van der Waals surface area contributed by atoms with Crippen LogP contribution in [-0.4, -0.2) is 37.6 Å². The number of aromatic nitrogens is 1. The molecule has 0 radical (unpaired) electrons. The Hall–Kier alpha value is -3.19. The van der Waals surface area contributed by atoms with Gasteiger partial charge in [0.15, 0.2) is 0 Å². The first-order valence-electron chi connectivity index (χ1n) is 9.02. The van der Waals surface area contributed by atoms with E-state index < -0.39 is 10.9 Å². The molecule has 1 aromatic heterocycles. The van der Waals surface area contributed by atoms with Gasteiger partial charge in [-0.1, -0.05) is 18.2 Å². The molecule has 0 spiro atoms. The van der Waals surface area contributed by atoms with Gasteiger partial charge >= 0.3 is 0 Å². The SMILES string of the molecule is COc1ccc([C@H](CNc2c(NCc3ccccn3)c(=O)c2=O)N(C)C)cc1. The summed E-state index contributed by atoms with van der Waals surface area (Å²) < 4.78 is 5.21. The number of methoxy groups -OCH3 is 1. The first-order chi connectivity index (χ1) is 13.5. The number of rotatable bonds is 9. The predicted molar refractivity (Wildman–Crippen MR) is 111 cm³/mol. The van der Waals surface area contributed by atoms with E-state index in [0.717, 1.165) is 17.0 Å². The van der Waals surface area contributed by atoms with Crippen molar-refractivity contribution in [3.63, 3.8) is 0 Å². The maximum absolute atomic E-state index is 12.0. The van der Waals surface area contributed by atoms with Crippen molar-refractivity contribution in [1.29, 1.82) is 0 Å². The quantitative estimate of drug-likeness (QED) is 0.550. The van der Waals surface area contributed by atoms with Crippen LogP contribution in [0.3, 0.4) is 0 Å². The van der Waals surface area contributed by atoms with Crippen molar-refractivity contribution in [2.24, 2.45) is 0 Å². The molecule has 0 aliphatic rings. The van der Waals surface area contributed by atoms with Gasteiger partial charge in [0.05, 0.1) is 25.4 Å². The van der Waals surface area contributed by atoms with Crippen molar-refractivity contribution >= 4 is 11.4 Å². The molecule has 146 valence electrons. The van der Waals surface area contributed by atoms with Crippen LogP contribution in [0.1, 0.15) is 17.3 Å². The fourth-order valence-electron chi connectivity index (χ4n) is 3.03. The van der Waals surface area contributed by atoms with Crippen molar-refractivity contribution in [1.82, 2.24) is 9.88 Å². The number of benzene rings is 1. The molecule has 0 saturated heterocycles. The van der Waals surface area contributed by atoms with E-state index >= 15 is 0 Å². The minimum Gasteiger partial charge on any atom is -0.497 e. The third-order valence-electron chi connectivity index (χ3n) is 4.68. The summed E-state index contributed by atoms with van der Waals surface area (Å²) in [5, 5.41) is 6.18. The molecule has 0 fully saturated rings. The largest absolute Gasteiger partial charge is 0.497 e. The molecule has 0 aliphatic carbocycles. The number of hydrogen-bond acceptors (Lipinski definition) is 7. The highest BCUT2D eigenvalue weighted by atomic mass is 16.5. The van der Waals surface area contributed by atoms with Gasteiger partial charge in [-0.15, -0.1) is 0 Å². The van der Waals surface area contributed by atoms with E-state index in [1.54, 1.807) is 13.3 Å². The van der Waals surface area contributed by atoms with Crippen LogP contribution in [0.4, 0.5) is 11.4 Å². The summed E-state index contributed by atoms with van der Waals surface area (Å²) in [4.78, 5) is 30.3. The van der Waals surface area contributed by atoms with E-state index in [1.807, 2.05) is 56.6 Å². The van der Waals surface area contributed by atoms with E-state index in [2.05, 4.69) is 20.5 Å². The van der Waals surface area contributed by atoms with Crippen molar-refractivity contribution in [3.05, 3.63) is 80.4 Å². The average Bonchev–Trinajstić information content (AvgIpc) is 2.73. The Balaban J connectivity index is 1.69. The first kappa shape index (κ1) is 19.6. The Morgan fingerprint density at radius 2 is 1.68 bits per heavy atom. The lowest BCUT2D eigenvalue weighted by molar-refractivity contribution is 0.311. The summed E-state index contributed by atoms with van der Waals surface area (Å²) in [7, 11) is 5.57. The van der Waals surface area contributed by atoms with E-state index in [9.17, 15) is 9.59 Å². The Bertz CT molecular complexity index is 977. The van der Waals surface area contributed by atoms with E-state index in [-0.39, 0.29) is 6.04 Å². The predicted octanol–water partition coefficient (Wildman–Crippen LogP) is 2.01. The molecule has 7 nitrogen and oxygen atoms in total. The summed E-state index contributed by atoms with van der Waals surface area (Å²) in [6, 6.07) is 13.4.